The Labute approximate surface area is 385 Å². The molecule has 2 saturated carbocycles. The van der Waals surface area contributed by atoms with E-state index >= 15 is 0 Å². The van der Waals surface area contributed by atoms with Crippen molar-refractivity contribution in [2.75, 3.05) is 40.0 Å². The molecule has 6 atom stereocenters. The summed E-state index contributed by atoms with van der Waals surface area (Å²) in [7, 11) is 1.32. The molecule has 4 aromatic carbocycles. The number of hydrogen-bond acceptors (Lipinski definition) is 8. The van der Waals surface area contributed by atoms with Crippen LogP contribution in [0.15, 0.2) is 103 Å². The number of imidazole rings is 2. The van der Waals surface area contributed by atoms with E-state index in [1.165, 1.54) is 7.11 Å². The quantitative estimate of drug-likeness (QED) is 0.117. The Hall–Kier alpha value is -6.31. The van der Waals surface area contributed by atoms with E-state index in [1.807, 2.05) is 49.3 Å². The number of benzene rings is 4. The molecular formula is C53H58N8O5. The zero-order valence-electron chi connectivity index (χ0n) is 37.9. The second kappa shape index (κ2) is 17.2. The molecule has 11 rings (SSSR count). The van der Waals surface area contributed by atoms with Gasteiger partial charge in [0.2, 0.25) is 11.8 Å². The van der Waals surface area contributed by atoms with E-state index < -0.39 is 12.1 Å². The average Bonchev–Trinajstić information content (AvgIpc) is 3.99. The highest BCUT2D eigenvalue weighted by Gasteiger charge is 2.56. The highest BCUT2D eigenvalue weighted by atomic mass is 16.5. The third-order valence-electron chi connectivity index (χ3n) is 15.2. The van der Waals surface area contributed by atoms with Gasteiger partial charge < -0.3 is 34.6 Å². The molecule has 13 heteroatoms. The number of rotatable bonds is 11. The van der Waals surface area contributed by atoms with Crippen molar-refractivity contribution < 1.29 is 23.9 Å². The first-order valence-electron chi connectivity index (χ1n) is 23.7. The maximum atomic E-state index is 14.7. The van der Waals surface area contributed by atoms with Crippen molar-refractivity contribution >= 4 is 28.7 Å². The van der Waals surface area contributed by atoms with Gasteiger partial charge in [0.05, 0.1) is 56.2 Å². The van der Waals surface area contributed by atoms with Gasteiger partial charge in [-0.05, 0) is 101 Å². The molecule has 340 valence electrons. The number of nitrogens with one attached hydrogen (secondary N) is 3. The topological polar surface area (TPSA) is 149 Å². The number of methoxy groups -OCH3 is 1. The van der Waals surface area contributed by atoms with Gasteiger partial charge in [0.25, 0.3) is 0 Å². The minimum atomic E-state index is -0.675. The van der Waals surface area contributed by atoms with Crippen LogP contribution in [0.1, 0.15) is 87.7 Å². The fourth-order valence-corrected chi connectivity index (χ4v) is 11.4. The first kappa shape index (κ1) is 42.3. The van der Waals surface area contributed by atoms with E-state index in [4.69, 9.17) is 19.4 Å². The van der Waals surface area contributed by atoms with Crippen LogP contribution >= 0.6 is 0 Å². The van der Waals surface area contributed by atoms with Crippen LogP contribution in [0.25, 0.3) is 44.4 Å². The van der Waals surface area contributed by atoms with Crippen LogP contribution in [0.4, 0.5) is 4.79 Å². The molecule has 6 aromatic rings. The molecule has 5 aliphatic rings. The summed E-state index contributed by atoms with van der Waals surface area (Å²) in [6.45, 7) is 7.38. The summed E-state index contributed by atoms with van der Waals surface area (Å²) in [5.41, 5.74) is 7.37. The number of ether oxygens (including phenoxy) is 2. The second-order valence-corrected chi connectivity index (χ2v) is 19.6. The fourth-order valence-electron chi connectivity index (χ4n) is 11.4. The van der Waals surface area contributed by atoms with E-state index in [2.05, 4.69) is 97.9 Å². The van der Waals surface area contributed by atoms with Crippen molar-refractivity contribution in [3.05, 3.63) is 121 Å². The van der Waals surface area contributed by atoms with Gasteiger partial charge in [-0.15, -0.1) is 0 Å². The zero-order chi connectivity index (χ0) is 45.1. The van der Waals surface area contributed by atoms with Crippen molar-refractivity contribution in [3.63, 3.8) is 0 Å². The Bertz CT molecular complexity index is 2760. The largest absolute Gasteiger partial charge is 0.453 e. The van der Waals surface area contributed by atoms with Crippen LogP contribution in [0.5, 0.6) is 0 Å². The second-order valence-electron chi connectivity index (χ2n) is 19.6. The van der Waals surface area contributed by atoms with E-state index in [0.717, 1.165) is 120 Å². The summed E-state index contributed by atoms with van der Waals surface area (Å²) in [6, 6.07) is 30.7. The number of amides is 3. The standard InChI is InChI=1S/C53H58N8O5/c1-32(2)45(58-52(64)65-3)50(62)61-41-18-17-40(27-41)46(61)49-55-29-42(57-49)34-11-9-33(10-12-34)36-13-14-38-26-39(16-15-37(38)25-36)43-30-54-48(56-43)44-28-53(19-20-53)31-60(44)51(63)47(35-7-5-4-6-8-35)59-21-23-66-24-22-59/h4-16,25-26,29-30,32,40-41,44-47H,17-24,27-28,31H2,1-3H3,(H,54,56)(H,55,57)(H,58,64)/t40-,41+,44?,45-,46?,47?/m0/s1. The summed E-state index contributed by atoms with van der Waals surface area (Å²) >= 11 is 0. The molecule has 13 nitrogen and oxygen atoms in total. The van der Waals surface area contributed by atoms with E-state index in [1.54, 1.807) is 0 Å². The highest BCUT2D eigenvalue weighted by molar-refractivity contribution is 5.91. The average molecular weight is 887 g/mol. The Kier molecular flexibility index (Phi) is 11.0. The van der Waals surface area contributed by atoms with E-state index in [9.17, 15) is 14.4 Å². The summed E-state index contributed by atoms with van der Waals surface area (Å²) in [5.74, 6) is 1.94. The predicted molar refractivity (Wildman–Crippen MR) is 252 cm³/mol. The molecule has 2 bridgehead atoms. The Morgan fingerprint density at radius 2 is 1.44 bits per heavy atom. The number of fused-ring (bicyclic) bond motifs is 3. The summed E-state index contributed by atoms with van der Waals surface area (Å²) < 4.78 is 10.5. The molecule has 0 radical (unpaired) electrons. The zero-order valence-corrected chi connectivity index (χ0v) is 37.9. The maximum absolute atomic E-state index is 14.7. The number of carbonyl (C=O) groups is 3. The molecule has 3 unspecified atom stereocenters. The molecular weight excluding hydrogens is 829 g/mol. The van der Waals surface area contributed by atoms with Crippen molar-refractivity contribution in [1.29, 1.82) is 0 Å². The number of nitrogens with zero attached hydrogens (tertiary/aromatic N) is 5. The molecule has 3 saturated heterocycles. The molecule has 3 amide bonds. The number of aromatic amines is 2. The highest BCUT2D eigenvalue weighted by Crippen LogP contribution is 2.59. The number of morpholine rings is 1. The van der Waals surface area contributed by atoms with Crippen molar-refractivity contribution in [3.8, 4) is 33.6 Å². The molecule has 2 aromatic heterocycles. The molecule has 66 heavy (non-hydrogen) atoms. The number of aromatic nitrogens is 4. The summed E-state index contributed by atoms with van der Waals surface area (Å²) in [5, 5.41) is 5.05. The van der Waals surface area contributed by atoms with Gasteiger partial charge in [-0.1, -0.05) is 92.7 Å². The van der Waals surface area contributed by atoms with Crippen molar-refractivity contribution in [1.82, 2.24) is 40.0 Å². The minimum absolute atomic E-state index is 0.0823. The normalized spacial score (nSPS) is 23.2. The van der Waals surface area contributed by atoms with Crippen LogP contribution in [0.3, 0.4) is 0 Å². The molecule has 3 aliphatic heterocycles. The van der Waals surface area contributed by atoms with Gasteiger partial charge in [-0.2, -0.15) is 0 Å². The lowest BCUT2D eigenvalue weighted by Gasteiger charge is -2.37. The summed E-state index contributed by atoms with van der Waals surface area (Å²) in [6.07, 6.45) is 9.38. The number of hydrogen-bond donors (Lipinski definition) is 3. The monoisotopic (exact) mass is 886 g/mol. The third-order valence-corrected chi connectivity index (χ3v) is 15.2. The Morgan fingerprint density at radius 1 is 0.788 bits per heavy atom. The molecule has 5 heterocycles. The van der Waals surface area contributed by atoms with Crippen molar-refractivity contribution in [2.45, 2.75) is 82.6 Å². The fraction of sp³-hybridized carbons (Fsp3) is 0.415. The van der Waals surface area contributed by atoms with Gasteiger partial charge in [-0.25, -0.2) is 14.8 Å². The van der Waals surface area contributed by atoms with Crippen LogP contribution in [0, 0.1) is 17.3 Å². The third kappa shape index (κ3) is 7.85. The number of carbonyl (C=O) groups excluding carboxylic acids is 3. The lowest BCUT2D eigenvalue weighted by Crippen LogP contribution is -2.54. The number of likely N-dealkylation sites (tertiary alicyclic amines) is 2. The maximum Gasteiger partial charge on any atom is 0.407 e. The van der Waals surface area contributed by atoms with Crippen LogP contribution in [-0.4, -0.2) is 105 Å². The molecule has 2 aliphatic carbocycles. The van der Waals surface area contributed by atoms with E-state index in [-0.39, 0.29) is 47.3 Å². The van der Waals surface area contributed by atoms with Crippen LogP contribution in [-0.2, 0) is 19.1 Å². The van der Waals surface area contributed by atoms with Gasteiger partial charge in [-0.3, -0.25) is 14.5 Å². The number of alkyl carbamates (subject to hydrolysis) is 1. The number of H-pyrrole nitrogens is 2. The van der Waals surface area contributed by atoms with Crippen molar-refractivity contribution in [2.24, 2.45) is 17.3 Å². The van der Waals surface area contributed by atoms with Gasteiger partial charge >= 0.3 is 6.09 Å². The lowest BCUT2D eigenvalue weighted by molar-refractivity contribution is -0.140. The van der Waals surface area contributed by atoms with Gasteiger partial charge in [0.15, 0.2) is 0 Å². The SMILES string of the molecule is COC(=O)N[C@H](C(=O)N1C(c2ncc(-c3ccc(-c4ccc5cc(-c6cnc(C7CC8(CC8)CN7C(=O)C(c7ccccc7)N7CCOCC7)[nH]6)ccc5c4)cc3)[nH]2)[C@H]2CC[C@@H]1C2)C(C)C. The first-order valence-corrected chi connectivity index (χ1v) is 23.7. The van der Waals surface area contributed by atoms with Crippen LogP contribution < -0.4 is 5.32 Å². The van der Waals surface area contributed by atoms with Gasteiger partial charge in [0, 0.05) is 31.2 Å². The summed E-state index contributed by atoms with van der Waals surface area (Å²) in [4.78, 5) is 64.3. The lowest BCUT2D eigenvalue weighted by atomic mass is 9.95. The number of piperidine rings is 1. The van der Waals surface area contributed by atoms with Gasteiger partial charge in [0.1, 0.15) is 23.7 Å². The predicted octanol–water partition coefficient (Wildman–Crippen LogP) is 8.85. The Balaban J connectivity index is 0.790. The molecule has 1 spiro atoms. The Morgan fingerprint density at radius 3 is 2.15 bits per heavy atom. The van der Waals surface area contributed by atoms with E-state index in [0.29, 0.717) is 19.1 Å². The molecule has 5 fully saturated rings. The first-order chi connectivity index (χ1) is 32.1. The van der Waals surface area contributed by atoms with Crippen LogP contribution in [0.2, 0.25) is 0 Å². The smallest absolute Gasteiger partial charge is 0.407 e. The minimum Gasteiger partial charge on any atom is -0.453 e. The molecule has 3 N–H and O–H groups in total.